The van der Waals surface area contributed by atoms with Crippen LogP contribution in [0.5, 0.6) is 0 Å². The Bertz CT molecular complexity index is 1050. The van der Waals surface area contributed by atoms with E-state index in [1.165, 1.54) is 18.2 Å². The number of carbonyl (C=O) groups excluding carboxylic acids is 2. The lowest BCUT2D eigenvalue weighted by Gasteiger charge is -2.18. The number of hydrogen-bond acceptors (Lipinski definition) is 4. The van der Waals surface area contributed by atoms with Crippen LogP contribution in [0.15, 0.2) is 47.5 Å². The number of aliphatic carboxylic acids is 1. The molecule has 0 aliphatic rings. The molecule has 0 heterocycles. The fraction of sp³-hybridized carbons (Fsp3) is 0.304. The summed E-state index contributed by atoms with van der Waals surface area (Å²) in [6.07, 6.45) is -0.379. The monoisotopic (exact) mass is 507 g/mol. The molecule has 2 aromatic carbocycles. The minimum absolute atomic E-state index is 0.170. The molecular weight excluding hydrogens is 481 g/mol. The van der Waals surface area contributed by atoms with Gasteiger partial charge < -0.3 is 26.4 Å². The summed E-state index contributed by atoms with van der Waals surface area (Å²) < 4.78 is 0. The Labute approximate surface area is 207 Å². The van der Waals surface area contributed by atoms with Crippen LogP contribution in [-0.4, -0.2) is 48.5 Å². The van der Waals surface area contributed by atoms with Gasteiger partial charge in [0.2, 0.25) is 5.91 Å². The molecule has 0 saturated heterocycles. The summed E-state index contributed by atoms with van der Waals surface area (Å²) in [6.45, 7) is 3.60. The number of carbonyl (C=O) groups is 3. The first-order chi connectivity index (χ1) is 16.1. The number of anilines is 1. The van der Waals surface area contributed by atoms with Crippen molar-refractivity contribution in [1.29, 1.82) is 0 Å². The molecular formula is C23H27Cl2N5O4. The molecule has 11 heteroatoms. The van der Waals surface area contributed by atoms with Crippen LogP contribution in [0.4, 0.5) is 5.69 Å². The van der Waals surface area contributed by atoms with Crippen LogP contribution in [0.2, 0.25) is 10.0 Å². The molecule has 9 nitrogen and oxygen atoms in total. The Hall–Kier alpha value is -3.30. The number of carboxylic acid groups (broad SMARTS) is 1. The van der Waals surface area contributed by atoms with Gasteiger partial charge >= 0.3 is 5.97 Å². The van der Waals surface area contributed by atoms with E-state index in [0.717, 1.165) is 0 Å². The lowest BCUT2D eigenvalue weighted by atomic mass is 10.0. The minimum atomic E-state index is -1.11. The van der Waals surface area contributed by atoms with E-state index >= 15 is 0 Å². The van der Waals surface area contributed by atoms with Crippen molar-refractivity contribution in [3.8, 4) is 0 Å². The standard InChI is InChI=1S/C23H27Cl2N5O4/c1-13(2)28-23(26-3)29-18-6-4-5-14(9-18)22(34)27-12-20(31)30-19(11-21(32)33)15-7-16(24)10-17(25)8-15/h4-10,13,19H,11-12H2,1-3H3,(H,27,34)(H,30,31)(H,32,33)(H2,26,28,29). The van der Waals surface area contributed by atoms with Crippen molar-refractivity contribution in [1.82, 2.24) is 16.0 Å². The van der Waals surface area contributed by atoms with E-state index in [0.29, 0.717) is 32.8 Å². The zero-order chi connectivity index (χ0) is 25.3. The average molecular weight is 508 g/mol. The number of hydrogen-bond donors (Lipinski definition) is 5. The van der Waals surface area contributed by atoms with E-state index in [1.54, 1.807) is 31.3 Å². The van der Waals surface area contributed by atoms with Crippen molar-refractivity contribution in [2.75, 3.05) is 18.9 Å². The highest BCUT2D eigenvalue weighted by Crippen LogP contribution is 2.25. The molecule has 0 aliphatic heterocycles. The van der Waals surface area contributed by atoms with Gasteiger partial charge in [-0.1, -0.05) is 29.3 Å². The van der Waals surface area contributed by atoms with E-state index in [9.17, 15) is 19.5 Å². The van der Waals surface area contributed by atoms with E-state index in [4.69, 9.17) is 23.2 Å². The molecule has 0 radical (unpaired) electrons. The third kappa shape index (κ3) is 8.92. The van der Waals surface area contributed by atoms with Gasteiger partial charge in [0.25, 0.3) is 5.91 Å². The molecule has 1 unspecified atom stereocenters. The van der Waals surface area contributed by atoms with E-state index < -0.39 is 23.8 Å². The number of nitrogens with zero attached hydrogens (tertiary/aromatic N) is 1. The smallest absolute Gasteiger partial charge is 0.305 e. The van der Waals surface area contributed by atoms with Gasteiger partial charge in [0.1, 0.15) is 0 Å². The average Bonchev–Trinajstić information content (AvgIpc) is 2.75. The Morgan fingerprint density at radius 1 is 1.03 bits per heavy atom. The number of carboxylic acids is 1. The molecule has 0 fully saturated rings. The summed E-state index contributed by atoms with van der Waals surface area (Å²) in [5, 5.41) is 21.2. The molecule has 34 heavy (non-hydrogen) atoms. The van der Waals surface area contributed by atoms with Gasteiger partial charge in [-0.3, -0.25) is 19.4 Å². The maximum absolute atomic E-state index is 12.6. The van der Waals surface area contributed by atoms with Crippen LogP contribution < -0.4 is 21.3 Å². The summed E-state index contributed by atoms with van der Waals surface area (Å²) in [5.41, 5.74) is 1.42. The van der Waals surface area contributed by atoms with Gasteiger partial charge in [-0.15, -0.1) is 0 Å². The maximum atomic E-state index is 12.6. The van der Waals surface area contributed by atoms with E-state index in [-0.39, 0.29) is 19.0 Å². The molecule has 1 atom stereocenters. The first-order valence-electron chi connectivity index (χ1n) is 10.4. The lowest BCUT2D eigenvalue weighted by molar-refractivity contribution is -0.137. The third-order valence-electron chi connectivity index (χ3n) is 4.45. The lowest BCUT2D eigenvalue weighted by Crippen LogP contribution is -2.39. The Morgan fingerprint density at radius 3 is 2.29 bits per heavy atom. The molecule has 2 rings (SSSR count). The summed E-state index contributed by atoms with van der Waals surface area (Å²) >= 11 is 12.0. The summed E-state index contributed by atoms with van der Waals surface area (Å²) in [4.78, 5) is 40.4. The van der Waals surface area contributed by atoms with Crippen LogP contribution in [0.25, 0.3) is 0 Å². The van der Waals surface area contributed by atoms with Gasteiger partial charge in [0.05, 0.1) is 19.0 Å². The molecule has 5 N–H and O–H groups in total. The molecule has 2 amide bonds. The second kappa shape index (κ2) is 12.8. The molecule has 0 bridgehead atoms. The van der Waals surface area contributed by atoms with Gasteiger partial charge in [-0.05, 0) is 55.8 Å². The van der Waals surface area contributed by atoms with Crippen molar-refractivity contribution < 1.29 is 19.5 Å². The van der Waals surface area contributed by atoms with E-state index in [2.05, 4.69) is 26.3 Å². The van der Waals surface area contributed by atoms with Gasteiger partial charge in [0, 0.05) is 34.4 Å². The first kappa shape index (κ1) is 26.9. The zero-order valence-corrected chi connectivity index (χ0v) is 20.5. The number of guanidine groups is 1. The number of aliphatic imine (C=N–C) groups is 1. The summed E-state index contributed by atoms with van der Waals surface area (Å²) in [5.74, 6) is -1.59. The number of nitrogens with one attached hydrogen (secondary N) is 4. The van der Waals surface area contributed by atoms with Crippen molar-refractivity contribution >= 4 is 52.6 Å². The second-order valence-corrected chi connectivity index (χ2v) is 8.55. The Morgan fingerprint density at radius 2 is 1.71 bits per heavy atom. The fourth-order valence-electron chi connectivity index (χ4n) is 3.02. The fourth-order valence-corrected chi connectivity index (χ4v) is 3.56. The van der Waals surface area contributed by atoms with Crippen LogP contribution in [0.1, 0.15) is 42.2 Å². The molecule has 182 valence electrons. The first-order valence-corrected chi connectivity index (χ1v) is 11.2. The van der Waals surface area contributed by atoms with Crippen LogP contribution in [0.3, 0.4) is 0 Å². The van der Waals surface area contributed by atoms with Crippen LogP contribution >= 0.6 is 23.2 Å². The third-order valence-corrected chi connectivity index (χ3v) is 4.88. The Balaban J connectivity index is 2.01. The number of rotatable bonds is 9. The van der Waals surface area contributed by atoms with Crippen molar-refractivity contribution in [2.24, 2.45) is 4.99 Å². The summed E-state index contributed by atoms with van der Waals surface area (Å²) in [6, 6.07) is 10.6. The predicted octanol–water partition coefficient (Wildman–Crippen LogP) is 3.45. The van der Waals surface area contributed by atoms with Crippen molar-refractivity contribution in [3.63, 3.8) is 0 Å². The predicted molar refractivity (Wildman–Crippen MR) is 134 cm³/mol. The van der Waals surface area contributed by atoms with Gasteiger partial charge in [-0.25, -0.2) is 0 Å². The highest BCUT2D eigenvalue weighted by Gasteiger charge is 2.20. The minimum Gasteiger partial charge on any atom is -0.481 e. The number of halogens is 2. The topological polar surface area (TPSA) is 132 Å². The molecule has 0 aromatic heterocycles. The molecule has 0 spiro atoms. The number of benzene rings is 2. The Kier molecular flexibility index (Phi) is 10.2. The molecule has 0 aliphatic carbocycles. The van der Waals surface area contributed by atoms with Gasteiger partial charge in [-0.2, -0.15) is 0 Å². The SMILES string of the molecule is C/N=C(\Nc1cccc(C(=O)NCC(=O)NC(CC(=O)O)c2cc(Cl)cc(Cl)c2)c1)NC(C)C. The van der Waals surface area contributed by atoms with Crippen LogP contribution in [-0.2, 0) is 9.59 Å². The van der Waals surface area contributed by atoms with Crippen molar-refractivity contribution in [3.05, 3.63) is 63.6 Å². The maximum Gasteiger partial charge on any atom is 0.305 e. The van der Waals surface area contributed by atoms with Crippen LogP contribution in [0, 0.1) is 0 Å². The van der Waals surface area contributed by atoms with E-state index in [1.807, 2.05) is 13.8 Å². The van der Waals surface area contributed by atoms with Gasteiger partial charge in [0.15, 0.2) is 5.96 Å². The molecule has 2 aromatic rings. The largest absolute Gasteiger partial charge is 0.481 e. The molecule has 0 saturated carbocycles. The normalized spacial score (nSPS) is 12.1. The highest BCUT2D eigenvalue weighted by atomic mass is 35.5. The van der Waals surface area contributed by atoms with Crippen molar-refractivity contribution in [2.45, 2.75) is 32.4 Å². The highest BCUT2D eigenvalue weighted by molar-refractivity contribution is 6.34. The number of amides is 2. The second-order valence-electron chi connectivity index (χ2n) is 7.68. The quantitative estimate of drug-likeness (QED) is 0.261. The summed E-state index contributed by atoms with van der Waals surface area (Å²) in [7, 11) is 1.64. The zero-order valence-electron chi connectivity index (χ0n) is 19.0.